The number of ether oxygens (including phenoxy) is 2. The molecule has 0 amide bonds. The van der Waals surface area contributed by atoms with Gasteiger partial charge in [0.15, 0.2) is 11.5 Å². The first-order valence-electron chi connectivity index (χ1n) is 7.42. The molecule has 0 saturated carbocycles. The number of hydrogen-bond donors (Lipinski definition) is 2. The van der Waals surface area contributed by atoms with Crippen LogP contribution in [0.1, 0.15) is 39.2 Å². The zero-order valence-electron chi connectivity index (χ0n) is 13.3. The van der Waals surface area contributed by atoms with E-state index in [1.807, 2.05) is 26.8 Å². The molecule has 1 aromatic carbocycles. The van der Waals surface area contributed by atoms with Crippen molar-refractivity contribution in [2.75, 3.05) is 20.3 Å². The highest BCUT2D eigenvalue weighted by Gasteiger charge is 2.24. The Morgan fingerprint density at radius 3 is 2.43 bits per heavy atom. The van der Waals surface area contributed by atoms with Gasteiger partial charge < -0.3 is 19.9 Å². The number of benzene rings is 1. The Bertz CT molecular complexity index is 447. The second-order valence-corrected chi connectivity index (χ2v) is 5.53. The lowest BCUT2D eigenvalue weighted by Gasteiger charge is -2.26. The van der Waals surface area contributed by atoms with Crippen LogP contribution in [0.3, 0.4) is 0 Å². The van der Waals surface area contributed by atoms with Gasteiger partial charge in [-0.2, -0.15) is 0 Å². The molecule has 0 fully saturated rings. The van der Waals surface area contributed by atoms with Gasteiger partial charge in [0.05, 0.1) is 12.7 Å². The SMILES string of the molecule is CCNCc1cc(Cl)cc(OC)c1OCC(O)(CC)CC. The minimum absolute atomic E-state index is 0.233. The Morgan fingerprint density at radius 1 is 1.24 bits per heavy atom. The van der Waals surface area contributed by atoms with Crippen molar-refractivity contribution in [3.05, 3.63) is 22.7 Å². The highest BCUT2D eigenvalue weighted by atomic mass is 35.5. The van der Waals surface area contributed by atoms with Crippen LogP contribution >= 0.6 is 11.6 Å². The molecule has 0 aliphatic heterocycles. The average Bonchev–Trinajstić information content (AvgIpc) is 2.50. The van der Waals surface area contributed by atoms with Gasteiger partial charge >= 0.3 is 0 Å². The average molecular weight is 316 g/mol. The maximum absolute atomic E-state index is 10.4. The molecule has 0 heterocycles. The van der Waals surface area contributed by atoms with Gasteiger partial charge in [0.25, 0.3) is 0 Å². The molecule has 4 nitrogen and oxygen atoms in total. The summed E-state index contributed by atoms with van der Waals surface area (Å²) in [6.45, 7) is 7.66. The van der Waals surface area contributed by atoms with Gasteiger partial charge in [-0.05, 0) is 25.5 Å². The third-order valence-corrected chi connectivity index (χ3v) is 3.90. The van der Waals surface area contributed by atoms with Crippen LogP contribution in [-0.2, 0) is 6.54 Å². The predicted molar refractivity (Wildman–Crippen MR) is 86.4 cm³/mol. The quantitative estimate of drug-likeness (QED) is 0.733. The molecule has 0 saturated heterocycles. The lowest BCUT2D eigenvalue weighted by atomic mass is 9.99. The summed E-state index contributed by atoms with van der Waals surface area (Å²) in [5.74, 6) is 1.23. The molecule has 0 spiro atoms. The zero-order valence-corrected chi connectivity index (χ0v) is 14.1. The molecule has 1 aromatic rings. The van der Waals surface area contributed by atoms with Crippen molar-refractivity contribution >= 4 is 11.6 Å². The Kier molecular flexibility index (Phi) is 7.29. The van der Waals surface area contributed by atoms with Crippen LogP contribution < -0.4 is 14.8 Å². The van der Waals surface area contributed by atoms with Crippen molar-refractivity contribution in [2.24, 2.45) is 0 Å². The Labute approximate surface area is 132 Å². The van der Waals surface area contributed by atoms with E-state index in [2.05, 4.69) is 5.32 Å². The van der Waals surface area contributed by atoms with Crippen molar-refractivity contribution in [3.8, 4) is 11.5 Å². The molecule has 0 unspecified atom stereocenters. The largest absolute Gasteiger partial charge is 0.493 e. The fourth-order valence-corrected chi connectivity index (χ4v) is 2.22. The van der Waals surface area contributed by atoms with Gasteiger partial charge in [-0.15, -0.1) is 0 Å². The van der Waals surface area contributed by atoms with Crippen molar-refractivity contribution in [1.82, 2.24) is 5.32 Å². The third kappa shape index (κ3) is 5.06. The van der Waals surface area contributed by atoms with Crippen LogP contribution in [0, 0.1) is 0 Å². The molecule has 21 heavy (non-hydrogen) atoms. The van der Waals surface area contributed by atoms with Crippen LogP contribution in [-0.4, -0.2) is 31.0 Å². The van der Waals surface area contributed by atoms with Gasteiger partial charge in [-0.1, -0.05) is 32.4 Å². The molecule has 0 bridgehead atoms. The molecule has 2 N–H and O–H groups in total. The van der Waals surface area contributed by atoms with Crippen molar-refractivity contribution in [3.63, 3.8) is 0 Å². The van der Waals surface area contributed by atoms with Crippen LogP contribution in [0.15, 0.2) is 12.1 Å². The fourth-order valence-electron chi connectivity index (χ4n) is 1.99. The Morgan fingerprint density at radius 2 is 1.90 bits per heavy atom. The predicted octanol–water partition coefficient (Wildman–Crippen LogP) is 3.39. The fraction of sp³-hybridized carbons (Fsp3) is 0.625. The van der Waals surface area contributed by atoms with Crippen molar-refractivity contribution in [2.45, 2.75) is 45.8 Å². The van der Waals surface area contributed by atoms with Crippen molar-refractivity contribution in [1.29, 1.82) is 0 Å². The zero-order chi connectivity index (χ0) is 15.9. The number of hydrogen-bond acceptors (Lipinski definition) is 4. The van der Waals surface area contributed by atoms with Crippen LogP contribution in [0.25, 0.3) is 0 Å². The molecule has 0 atom stereocenters. The van der Waals surface area contributed by atoms with E-state index in [4.69, 9.17) is 21.1 Å². The maximum Gasteiger partial charge on any atom is 0.165 e. The van der Waals surface area contributed by atoms with Crippen LogP contribution in [0.4, 0.5) is 0 Å². The monoisotopic (exact) mass is 315 g/mol. The van der Waals surface area contributed by atoms with E-state index in [0.29, 0.717) is 35.9 Å². The summed E-state index contributed by atoms with van der Waals surface area (Å²) in [7, 11) is 1.58. The van der Waals surface area contributed by atoms with Gasteiger partial charge in [0.2, 0.25) is 0 Å². The van der Waals surface area contributed by atoms with Gasteiger partial charge in [0.1, 0.15) is 6.61 Å². The first-order valence-corrected chi connectivity index (χ1v) is 7.79. The molecular formula is C16H26ClNO3. The van der Waals surface area contributed by atoms with Crippen LogP contribution in [0.5, 0.6) is 11.5 Å². The highest BCUT2D eigenvalue weighted by Crippen LogP contribution is 2.35. The number of aliphatic hydroxyl groups is 1. The molecule has 1 rings (SSSR count). The molecule has 0 aliphatic rings. The minimum Gasteiger partial charge on any atom is -0.493 e. The molecule has 0 radical (unpaired) electrons. The summed E-state index contributed by atoms with van der Waals surface area (Å²) in [6.07, 6.45) is 1.28. The molecular weight excluding hydrogens is 290 g/mol. The number of rotatable bonds is 9. The Balaban J connectivity index is 3.01. The minimum atomic E-state index is -0.819. The molecule has 120 valence electrons. The topological polar surface area (TPSA) is 50.7 Å². The van der Waals surface area contributed by atoms with Gasteiger partial charge in [-0.3, -0.25) is 0 Å². The highest BCUT2D eigenvalue weighted by molar-refractivity contribution is 6.30. The van der Waals surface area contributed by atoms with E-state index < -0.39 is 5.60 Å². The normalized spacial score (nSPS) is 11.5. The van der Waals surface area contributed by atoms with E-state index in [9.17, 15) is 5.11 Å². The summed E-state index contributed by atoms with van der Waals surface area (Å²) in [5.41, 5.74) is 0.107. The van der Waals surface area contributed by atoms with Crippen molar-refractivity contribution < 1.29 is 14.6 Å². The lowest BCUT2D eigenvalue weighted by molar-refractivity contribution is -0.0122. The molecule has 0 aromatic heterocycles. The third-order valence-electron chi connectivity index (χ3n) is 3.68. The maximum atomic E-state index is 10.4. The molecule has 0 aliphatic carbocycles. The lowest BCUT2D eigenvalue weighted by Crippen LogP contribution is -2.34. The molecule has 5 heteroatoms. The number of methoxy groups -OCH3 is 1. The summed E-state index contributed by atoms with van der Waals surface area (Å²) in [4.78, 5) is 0. The number of halogens is 1. The number of nitrogens with one attached hydrogen (secondary N) is 1. The summed E-state index contributed by atoms with van der Waals surface area (Å²) in [5, 5.41) is 14.2. The van der Waals surface area contributed by atoms with E-state index in [1.54, 1.807) is 13.2 Å². The first kappa shape index (κ1) is 18.1. The van der Waals surface area contributed by atoms with E-state index in [0.717, 1.165) is 12.1 Å². The van der Waals surface area contributed by atoms with E-state index >= 15 is 0 Å². The standard InChI is InChI=1S/C16H26ClNO3/c1-5-16(19,6-2)11-21-15-12(10-18-7-3)8-13(17)9-14(15)20-4/h8-9,18-19H,5-7,10-11H2,1-4H3. The smallest absolute Gasteiger partial charge is 0.165 e. The summed E-state index contributed by atoms with van der Waals surface area (Å²) >= 11 is 6.11. The second-order valence-electron chi connectivity index (χ2n) is 5.10. The summed E-state index contributed by atoms with van der Waals surface area (Å²) in [6, 6.07) is 3.59. The van der Waals surface area contributed by atoms with E-state index in [-0.39, 0.29) is 6.61 Å². The summed E-state index contributed by atoms with van der Waals surface area (Å²) < 4.78 is 11.2. The van der Waals surface area contributed by atoms with Gasteiger partial charge in [-0.25, -0.2) is 0 Å². The Hall–Kier alpha value is -0.970. The first-order chi connectivity index (χ1) is 9.99. The van der Waals surface area contributed by atoms with E-state index in [1.165, 1.54) is 0 Å². The van der Waals surface area contributed by atoms with Gasteiger partial charge in [0, 0.05) is 23.2 Å². The van der Waals surface area contributed by atoms with Crippen LogP contribution in [0.2, 0.25) is 5.02 Å². The second kappa shape index (κ2) is 8.47.